The van der Waals surface area contributed by atoms with Gasteiger partial charge in [-0.1, -0.05) is 24.6 Å². The van der Waals surface area contributed by atoms with Gasteiger partial charge in [-0.3, -0.25) is 0 Å². The number of thioether (sulfide) groups is 1. The molecule has 1 aromatic rings. The van der Waals surface area contributed by atoms with Crippen molar-refractivity contribution in [3.8, 4) is 0 Å². The van der Waals surface area contributed by atoms with Gasteiger partial charge in [-0.15, -0.1) is 0 Å². The maximum atomic E-state index is 14.5. The largest absolute Gasteiger partial charge is 0.310 e. The second kappa shape index (κ2) is 8.76. The van der Waals surface area contributed by atoms with Crippen molar-refractivity contribution in [1.29, 1.82) is 0 Å². The third-order valence-electron chi connectivity index (χ3n) is 3.99. The Labute approximate surface area is 144 Å². The van der Waals surface area contributed by atoms with Crippen LogP contribution in [-0.2, 0) is 0 Å². The molecule has 1 saturated heterocycles. The first-order chi connectivity index (χ1) is 10.1. The smallest absolute Gasteiger partial charge is 0.147 e. The van der Waals surface area contributed by atoms with Gasteiger partial charge in [-0.2, -0.15) is 11.8 Å². The number of hydrogen-bond acceptors (Lipinski definition) is 2. The van der Waals surface area contributed by atoms with E-state index >= 15 is 0 Å². The SMILES string of the molecule is CCCNC(CC1CCSCC1)c1ccc(Br)c(Cl)c1F. The van der Waals surface area contributed by atoms with Crippen molar-refractivity contribution >= 4 is 39.3 Å². The van der Waals surface area contributed by atoms with Gasteiger partial charge in [0.1, 0.15) is 5.82 Å². The number of halogens is 3. The van der Waals surface area contributed by atoms with E-state index in [-0.39, 0.29) is 16.9 Å². The molecule has 1 unspecified atom stereocenters. The fraction of sp³-hybridized carbons (Fsp3) is 0.625. The van der Waals surface area contributed by atoms with Crippen LogP contribution in [0.15, 0.2) is 16.6 Å². The highest BCUT2D eigenvalue weighted by Gasteiger charge is 2.23. The minimum atomic E-state index is -0.287. The highest BCUT2D eigenvalue weighted by Crippen LogP contribution is 2.35. The lowest BCUT2D eigenvalue weighted by Gasteiger charge is -2.28. The molecule has 1 aliphatic heterocycles. The average Bonchev–Trinajstić information content (AvgIpc) is 2.51. The van der Waals surface area contributed by atoms with Crippen molar-refractivity contribution in [2.24, 2.45) is 5.92 Å². The van der Waals surface area contributed by atoms with E-state index in [9.17, 15) is 4.39 Å². The zero-order chi connectivity index (χ0) is 15.2. The van der Waals surface area contributed by atoms with Crippen LogP contribution in [0.2, 0.25) is 5.02 Å². The van der Waals surface area contributed by atoms with Crippen LogP contribution >= 0.6 is 39.3 Å². The summed E-state index contributed by atoms with van der Waals surface area (Å²) in [6.45, 7) is 3.03. The van der Waals surface area contributed by atoms with E-state index in [0.717, 1.165) is 19.4 Å². The molecule has 0 spiro atoms. The Morgan fingerprint density at radius 2 is 2.14 bits per heavy atom. The number of benzene rings is 1. The molecule has 118 valence electrons. The Kier molecular flexibility index (Phi) is 7.33. The zero-order valence-corrected chi connectivity index (χ0v) is 15.5. The summed E-state index contributed by atoms with van der Waals surface area (Å²) < 4.78 is 15.1. The summed E-state index contributed by atoms with van der Waals surface area (Å²) in [6.07, 6.45) is 4.51. The van der Waals surface area contributed by atoms with E-state index in [0.29, 0.717) is 16.0 Å². The van der Waals surface area contributed by atoms with Crippen LogP contribution in [-0.4, -0.2) is 18.1 Å². The molecule has 1 atom stereocenters. The lowest BCUT2D eigenvalue weighted by molar-refractivity contribution is 0.363. The van der Waals surface area contributed by atoms with Gasteiger partial charge in [0.05, 0.1) is 5.02 Å². The molecule has 0 aromatic heterocycles. The predicted octanol–water partition coefficient (Wildman–Crippen LogP) is 5.82. The molecule has 1 aromatic carbocycles. The fourth-order valence-corrected chi connectivity index (χ4v) is 4.45. The van der Waals surface area contributed by atoms with Crippen LogP contribution in [0.25, 0.3) is 0 Å². The third-order valence-corrected chi connectivity index (χ3v) is 6.30. The predicted molar refractivity (Wildman–Crippen MR) is 94.8 cm³/mol. The lowest BCUT2D eigenvalue weighted by atomic mass is 9.90. The van der Waals surface area contributed by atoms with Crippen molar-refractivity contribution in [2.75, 3.05) is 18.1 Å². The van der Waals surface area contributed by atoms with Gasteiger partial charge in [0.25, 0.3) is 0 Å². The molecular formula is C16H22BrClFNS. The molecule has 21 heavy (non-hydrogen) atoms. The summed E-state index contributed by atoms with van der Waals surface area (Å²) >= 11 is 11.4. The Bertz CT molecular complexity index is 466. The molecule has 5 heteroatoms. The van der Waals surface area contributed by atoms with Gasteiger partial charge in [0, 0.05) is 16.1 Å². The van der Waals surface area contributed by atoms with E-state index in [1.165, 1.54) is 24.3 Å². The van der Waals surface area contributed by atoms with E-state index in [1.807, 2.05) is 23.9 Å². The average molecular weight is 395 g/mol. The number of nitrogens with one attached hydrogen (secondary N) is 1. The molecule has 2 rings (SSSR count). The second-order valence-electron chi connectivity index (χ2n) is 5.56. The highest BCUT2D eigenvalue weighted by atomic mass is 79.9. The molecule has 0 bridgehead atoms. The van der Waals surface area contributed by atoms with Gasteiger partial charge in [-0.25, -0.2) is 4.39 Å². The molecule has 0 saturated carbocycles. The summed E-state index contributed by atoms with van der Waals surface area (Å²) in [5.74, 6) is 2.86. The summed E-state index contributed by atoms with van der Waals surface area (Å²) in [7, 11) is 0. The molecular weight excluding hydrogens is 373 g/mol. The monoisotopic (exact) mass is 393 g/mol. The van der Waals surface area contributed by atoms with E-state index < -0.39 is 0 Å². The van der Waals surface area contributed by atoms with E-state index in [1.54, 1.807) is 0 Å². The molecule has 1 aliphatic rings. The zero-order valence-electron chi connectivity index (χ0n) is 12.3. The Hall–Kier alpha value is 0.230. The standard InChI is InChI=1S/C16H22BrClFNS/c1-2-7-20-14(10-11-5-8-21-9-6-11)12-3-4-13(17)15(18)16(12)19/h3-4,11,14,20H,2,5-10H2,1H3. The van der Waals surface area contributed by atoms with Gasteiger partial charge < -0.3 is 5.32 Å². The summed E-state index contributed by atoms with van der Waals surface area (Å²) in [6, 6.07) is 3.76. The molecule has 0 aliphatic carbocycles. The molecule has 1 heterocycles. The van der Waals surface area contributed by atoms with Crippen LogP contribution in [0.4, 0.5) is 4.39 Å². The topological polar surface area (TPSA) is 12.0 Å². The summed E-state index contributed by atoms with van der Waals surface area (Å²) in [5.41, 5.74) is 0.704. The molecule has 1 nitrogen and oxygen atoms in total. The summed E-state index contributed by atoms with van der Waals surface area (Å²) in [5, 5.41) is 3.69. The van der Waals surface area contributed by atoms with Gasteiger partial charge in [-0.05, 0) is 71.6 Å². The van der Waals surface area contributed by atoms with Gasteiger partial charge in [0.2, 0.25) is 0 Å². The first-order valence-corrected chi connectivity index (χ1v) is 9.90. The van der Waals surface area contributed by atoms with Crippen LogP contribution in [0.1, 0.15) is 44.2 Å². The van der Waals surface area contributed by atoms with Crippen molar-refractivity contribution in [3.63, 3.8) is 0 Å². The molecule has 0 radical (unpaired) electrons. The van der Waals surface area contributed by atoms with Crippen LogP contribution in [0.3, 0.4) is 0 Å². The third kappa shape index (κ3) is 4.85. The van der Waals surface area contributed by atoms with Crippen LogP contribution in [0.5, 0.6) is 0 Å². The van der Waals surface area contributed by atoms with Crippen LogP contribution < -0.4 is 5.32 Å². The van der Waals surface area contributed by atoms with Gasteiger partial charge in [0.15, 0.2) is 0 Å². The minimum absolute atomic E-state index is 0.0589. The van der Waals surface area contributed by atoms with E-state index in [2.05, 4.69) is 28.2 Å². The van der Waals surface area contributed by atoms with Crippen molar-refractivity contribution in [1.82, 2.24) is 5.32 Å². The van der Waals surface area contributed by atoms with Gasteiger partial charge >= 0.3 is 0 Å². The highest BCUT2D eigenvalue weighted by molar-refractivity contribution is 9.10. The second-order valence-corrected chi connectivity index (χ2v) is 8.02. The lowest BCUT2D eigenvalue weighted by Crippen LogP contribution is -2.26. The van der Waals surface area contributed by atoms with Crippen molar-refractivity contribution in [2.45, 2.75) is 38.6 Å². The molecule has 1 N–H and O–H groups in total. The van der Waals surface area contributed by atoms with E-state index in [4.69, 9.17) is 11.6 Å². The summed E-state index contributed by atoms with van der Waals surface area (Å²) in [4.78, 5) is 0. The minimum Gasteiger partial charge on any atom is -0.310 e. The molecule has 1 fully saturated rings. The Balaban J connectivity index is 2.16. The number of hydrogen-bond donors (Lipinski definition) is 1. The fourth-order valence-electron chi connectivity index (χ4n) is 2.76. The quantitative estimate of drug-likeness (QED) is 0.610. The van der Waals surface area contributed by atoms with Crippen LogP contribution in [0, 0.1) is 11.7 Å². The maximum Gasteiger partial charge on any atom is 0.147 e. The van der Waals surface area contributed by atoms with Crippen molar-refractivity contribution < 1.29 is 4.39 Å². The number of rotatable bonds is 6. The molecule has 0 amide bonds. The van der Waals surface area contributed by atoms with Crippen molar-refractivity contribution in [3.05, 3.63) is 33.0 Å². The first-order valence-electron chi connectivity index (χ1n) is 7.58. The first kappa shape index (κ1) is 17.6. The Morgan fingerprint density at radius 1 is 1.43 bits per heavy atom. The Morgan fingerprint density at radius 3 is 2.81 bits per heavy atom. The maximum absolute atomic E-state index is 14.5. The normalized spacial score (nSPS) is 17.9.